The monoisotopic (exact) mass is 253 g/mol. The van der Waals surface area contributed by atoms with Crippen molar-refractivity contribution in [1.82, 2.24) is 15.0 Å². The molecule has 1 aromatic rings. The highest BCUT2D eigenvalue weighted by molar-refractivity contribution is 5.66. The molecule has 0 radical (unpaired) electrons. The van der Waals surface area contributed by atoms with E-state index in [4.69, 9.17) is 5.11 Å². The van der Waals surface area contributed by atoms with Crippen LogP contribution in [-0.4, -0.2) is 26.1 Å². The van der Waals surface area contributed by atoms with Crippen molar-refractivity contribution in [2.45, 2.75) is 53.0 Å². The molecule has 1 rings (SSSR count). The van der Waals surface area contributed by atoms with Crippen LogP contribution in [0.25, 0.3) is 0 Å². The molecule has 0 spiro atoms. The molecule has 102 valence electrons. The minimum atomic E-state index is -0.796. The van der Waals surface area contributed by atoms with Crippen molar-refractivity contribution in [1.29, 1.82) is 0 Å². The van der Waals surface area contributed by atoms with E-state index in [1.165, 1.54) is 6.42 Å². The molecule has 0 aliphatic heterocycles. The number of carbonyl (C=O) groups is 1. The normalized spacial score (nSPS) is 12.9. The molecule has 1 unspecified atom stereocenters. The molecule has 0 aliphatic rings. The fourth-order valence-corrected chi connectivity index (χ4v) is 1.71. The number of carboxylic acid groups (broad SMARTS) is 1. The van der Waals surface area contributed by atoms with Crippen molar-refractivity contribution in [2.75, 3.05) is 0 Å². The second kappa shape index (κ2) is 7.13. The summed E-state index contributed by atoms with van der Waals surface area (Å²) in [6.45, 7) is 7.61. The van der Waals surface area contributed by atoms with Crippen LogP contribution in [0.15, 0.2) is 6.20 Å². The van der Waals surface area contributed by atoms with Gasteiger partial charge in [0.25, 0.3) is 0 Å². The Hall–Kier alpha value is -1.39. The third-order valence-electron chi connectivity index (χ3n) is 3.37. The first-order valence-electron chi connectivity index (χ1n) is 6.60. The van der Waals surface area contributed by atoms with E-state index in [1.54, 1.807) is 0 Å². The van der Waals surface area contributed by atoms with Crippen LogP contribution in [-0.2, 0) is 17.8 Å². The van der Waals surface area contributed by atoms with E-state index in [0.717, 1.165) is 24.6 Å². The van der Waals surface area contributed by atoms with Gasteiger partial charge in [0.15, 0.2) is 0 Å². The zero-order valence-corrected chi connectivity index (χ0v) is 11.5. The highest BCUT2D eigenvalue weighted by atomic mass is 16.4. The number of carboxylic acids is 1. The van der Waals surface area contributed by atoms with Gasteiger partial charge in [0.1, 0.15) is 0 Å². The van der Waals surface area contributed by atoms with Gasteiger partial charge in [-0.3, -0.25) is 9.48 Å². The summed E-state index contributed by atoms with van der Waals surface area (Å²) in [6.07, 6.45) is 4.69. The highest BCUT2D eigenvalue weighted by Gasteiger charge is 2.07. The smallest absolute Gasteiger partial charge is 0.303 e. The molecule has 0 aromatic carbocycles. The maximum Gasteiger partial charge on any atom is 0.303 e. The molecule has 1 N–H and O–H groups in total. The summed E-state index contributed by atoms with van der Waals surface area (Å²) in [7, 11) is 0. The zero-order valence-electron chi connectivity index (χ0n) is 11.5. The molecule has 1 heterocycles. The number of hydrogen-bond acceptors (Lipinski definition) is 3. The van der Waals surface area contributed by atoms with E-state index in [1.807, 2.05) is 10.9 Å². The quantitative estimate of drug-likeness (QED) is 0.772. The van der Waals surface area contributed by atoms with Crippen LogP contribution in [0, 0.1) is 11.8 Å². The number of nitrogens with zero attached hydrogens (tertiary/aromatic N) is 3. The van der Waals surface area contributed by atoms with Crippen LogP contribution in [0.4, 0.5) is 0 Å². The van der Waals surface area contributed by atoms with Gasteiger partial charge in [-0.15, -0.1) is 5.10 Å². The Morgan fingerprint density at radius 1 is 1.44 bits per heavy atom. The topological polar surface area (TPSA) is 68.0 Å². The number of hydrogen-bond donors (Lipinski definition) is 1. The Kier molecular flexibility index (Phi) is 5.82. The van der Waals surface area contributed by atoms with Crippen LogP contribution >= 0.6 is 0 Å². The summed E-state index contributed by atoms with van der Waals surface area (Å²) >= 11 is 0. The lowest BCUT2D eigenvalue weighted by Gasteiger charge is -2.14. The average Bonchev–Trinajstić information content (AvgIpc) is 2.74. The predicted octanol–water partition coefficient (Wildman–Crippen LogP) is 2.37. The first-order chi connectivity index (χ1) is 8.49. The Morgan fingerprint density at radius 3 is 2.78 bits per heavy atom. The molecule has 0 amide bonds. The van der Waals surface area contributed by atoms with Gasteiger partial charge >= 0.3 is 5.97 Å². The van der Waals surface area contributed by atoms with Gasteiger partial charge in [0.05, 0.1) is 12.1 Å². The maximum absolute atomic E-state index is 10.4. The molecule has 0 bridgehead atoms. The molecule has 5 heteroatoms. The van der Waals surface area contributed by atoms with Crippen molar-refractivity contribution in [2.24, 2.45) is 11.8 Å². The van der Waals surface area contributed by atoms with E-state index in [0.29, 0.717) is 12.3 Å². The van der Waals surface area contributed by atoms with Crippen LogP contribution in [0.1, 0.15) is 45.7 Å². The lowest BCUT2D eigenvalue weighted by Crippen LogP contribution is -2.06. The van der Waals surface area contributed by atoms with Crippen molar-refractivity contribution < 1.29 is 9.90 Å². The van der Waals surface area contributed by atoms with E-state index in [9.17, 15) is 4.79 Å². The summed E-state index contributed by atoms with van der Waals surface area (Å²) in [4.78, 5) is 10.4. The first-order valence-corrected chi connectivity index (χ1v) is 6.60. The molecule has 1 atom stereocenters. The second-order valence-electron chi connectivity index (χ2n) is 5.23. The van der Waals surface area contributed by atoms with Gasteiger partial charge < -0.3 is 5.11 Å². The van der Waals surface area contributed by atoms with E-state index < -0.39 is 5.97 Å². The number of aromatic nitrogens is 3. The van der Waals surface area contributed by atoms with Gasteiger partial charge in [-0.25, -0.2) is 0 Å². The highest BCUT2D eigenvalue weighted by Crippen LogP contribution is 2.16. The predicted molar refractivity (Wildman–Crippen MR) is 69.2 cm³/mol. The number of rotatable bonds is 8. The van der Waals surface area contributed by atoms with Crippen LogP contribution in [0.5, 0.6) is 0 Å². The molecule has 0 saturated carbocycles. The summed E-state index contributed by atoms with van der Waals surface area (Å²) in [5.74, 6) is 0.641. The Morgan fingerprint density at radius 2 is 2.17 bits per heavy atom. The fourth-order valence-electron chi connectivity index (χ4n) is 1.71. The average molecular weight is 253 g/mol. The summed E-state index contributed by atoms with van der Waals surface area (Å²) in [6, 6.07) is 0. The van der Waals surface area contributed by atoms with Crippen molar-refractivity contribution in [3.63, 3.8) is 0 Å². The van der Waals surface area contributed by atoms with Gasteiger partial charge in [-0.2, -0.15) is 0 Å². The SMILES string of the molecule is CC(C)C(C)CCCn1cc(CCC(=O)O)nn1. The molecule has 0 fully saturated rings. The molecule has 0 saturated heterocycles. The van der Waals surface area contributed by atoms with Crippen molar-refractivity contribution in [3.05, 3.63) is 11.9 Å². The third kappa shape index (κ3) is 5.29. The minimum Gasteiger partial charge on any atom is -0.481 e. The van der Waals surface area contributed by atoms with Crippen LogP contribution in [0.2, 0.25) is 0 Å². The van der Waals surface area contributed by atoms with E-state index in [-0.39, 0.29) is 6.42 Å². The van der Waals surface area contributed by atoms with E-state index in [2.05, 4.69) is 31.1 Å². The van der Waals surface area contributed by atoms with Crippen molar-refractivity contribution >= 4 is 5.97 Å². The van der Waals surface area contributed by atoms with Crippen molar-refractivity contribution in [3.8, 4) is 0 Å². The minimum absolute atomic E-state index is 0.114. The Balaban J connectivity index is 2.29. The van der Waals surface area contributed by atoms with Gasteiger partial charge in [0, 0.05) is 19.2 Å². The summed E-state index contributed by atoms with van der Waals surface area (Å²) < 4.78 is 1.81. The first kappa shape index (κ1) is 14.7. The van der Waals surface area contributed by atoms with Gasteiger partial charge in [0.2, 0.25) is 0 Å². The molecule has 0 aliphatic carbocycles. The standard InChI is InChI=1S/C13H23N3O2/c1-10(2)11(3)5-4-8-16-9-12(14-15-16)6-7-13(17)18/h9-11H,4-8H2,1-3H3,(H,17,18). The third-order valence-corrected chi connectivity index (χ3v) is 3.37. The lowest BCUT2D eigenvalue weighted by atomic mass is 9.93. The number of aryl methyl sites for hydroxylation is 2. The molecule has 1 aromatic heterocycles. The largest absolute Gasteiger partial charge is 0.481 e. The van der Waals surface area contributed by atoms with Crippen LogP contribution in [0.3, 0.4) is 0 Å². The summed E-state index contributed by atoms with van der Waals surface area (Å²) in [5, 5.41) is 16.6. The number of aliphatic carboxylic acids is 1. The lowest BCUT2D eigenvalue weighted by molar-refractivity contribution is -0.136. The van der Waals surface area contributed by atoms with E-state index >= 15 is 0 Å². The van der Waals surface area contributed by atoms with Gasteiger partial charge in [-0.1, -0.05) is 26.0 Å². The Bertz CT molecular complexity index is 374. The molecule has 5 nitrogen and oxygen atoms in total. The van der Waals surface area contributed by atoms with Crippen LogP contribution < -0.4 is 0 Å². The maximum atomic E-state index is 10.4. The molecular weight excluding hydrogens is 230 g/mol. The Labute approximate surface area is 108 Å². The molecular formula is C13H23N3O2. The summed E-state index contributed by atoms with van der Waals surface area (Å²) in [5.41, 5.74) is 0.759. The zero-order chi connectivity index (χ0) is 13.5. The fraction of sp³-hybridized carbons (Fsp3) is 0.769. The second-order valence-corrected chi connectivity index (χ2v) is 5.23. The van der Waals surface area contributed by atoms with Gasteiger partial charge in [-0.05, 0) is 24.7 Å². The molecule has 18 heavy (non-hydrogen) atoms.